The lowest BCUT2D eigenvalue weighted by atomic mass is 9.90. The highest BCUT2D eigenvalue weighted by atomic mass is 35.5. The van der Waals surface area contributed by atoms with Crippen molar-refractivity contribution in [1.82, 2.24) is 14.8 Å². The van der Waals surface area contributed by atoms with E-state index in [0.29, 0.717) is 35.5 Å². The number of hydrogen-bond donors (Lipinski definition) is 1. The molecule has 0 saturated carbocycles. The van der Waals surface area contributed by atoms with Crippen LogP contribution in [-0.2, 0) is 11.2 Å². The van der Waals surface area contributed by atoms with Crippen molar-refractivity contribution in [1.29, 1.82) is 0 Å². The molecule has 0 atom stereocenters. The number of carbonyl (C=O) groups excluding carboxylic acids is 3. The Labute approximate surface area is 196 Å². The van der Waals surface area contributed by atoms with E-state index in [1.165, 1.54) is 37.3 Å². The number of likely N-dealkylation sites (tertiary alicyclic amines) is 1. The maximum atomic E-state index is 13.2. The minimum atomic E-state index is -0.681. The van der Waals surface area contributed by atoms with Crippen LogP contribution in [0.1, 0.15) is 39.1 Å². The average Bonchev–Trinajstić information content (AvgIpc) is 3.25. The number of Topliss-reactive ketones (excluding diaryl/α,β-unsaturated/α-hetero) is 1. The molecule has 2 aromatic carbocycles. The second-order valence-corrected chi connectivity index (χ2v) is 9.02. The minimum Gasteiger partial charge on any atom is -0.360 e. The number of ketones is 1. The van der Waals surface area contributed by atoms with Gasteiger partial charge in [0.05, 0.1) is 16.1 Å². The molecule has 1 aromatic heterocycles. The summed E-state index contributed by atoms with van der Waals surface area (Å²) in [6.45, 7) is 1.19. The van der Waals surface area contributed by atoms with Gasteiger partial charge in [0.1, 0.15) is 5.82 Å². The summed E-state index contributed by atoms with van der Waals surface area (Å²) in [6, 6.07) is 9.90. The van der Waals surface area contributed by atoms with Crippen LogP contribution in [0.3, 0.4) is 0 Å². The van der Waals surface area contributed by atoms with Crippen molar-refractivity contribution in [2.45, 2.75) is 19.3 Å². The zero-order chi connectivity index (χ0) is 23.7. The van der Waals surface area contributed by atoms with Gasteiger partial charge in [-0.3, -0.25) is 14.4 Å². The summed E-state index contributed by atoms with van der Waals surface area (Å²) >= 11 is 6.60. The van der Waals surface area contributed by atoms with E-state index in [9.17, 15) is 18.8 Å². The van der Waals surface area contributed by atoms with Crippen LogP contribution in [0.2, 0.25) is 5.02 Å². The normalized spacial score (nSPS) is 14.5. The molecule has 0 radical (unpaired) electrons. The SMILES string of the molecule is CN(C)C(=O)C(=O)c1c[nH]c2ccc(C(=O)N3CCC(Cc4ccc(F)cc4)CC3)c(Cl)c12. The van der Waals surface area contributed by atoms with Gasteiger partial charge in [0.2, 0.25) is 0 Å². The van der Waals surface area contributed by atoms with Crippen LogP contribution in [0.25, 0.3) is 10.9 Å². The maximum Gasteiger partial charge on any atom is 0.294 e. The van der Waals surface area contributed by atoms with Gasteiger partial charge in [0, 0.05) is 44.3 Å². The second-order valence-electron chi connectivity index (χ2n) is 8.65. The lowest BCUT2D eigenvalue weighted by Gasteiger charge is -2.32. The Morgan fingerprint density at radius 3 is 2.36 bits per heavy atom. The largest absolute Gasteiger partial charge is 0.360 e. The van der Waals surface area contributed by atoms with E-state index in [1.807, 2.05) is 0 Å². The topological polar surface area (TPSA) is 73.5 Å². The monoisotopic (exact) mass is 469 g/mol. The fourth-order valence-electron chi connectivity index (χ4n) is 4.31. The molecule has 0 aliphatic carbocycles. The Bertz CT molecular complexity index is 1210. The van der Waals surface area contributed by atoms with Crippen LogP contribution in [0.5, 0.6) is 0 Å². The molecule has 1 aliphatic rings. The van der Waals surface area contributed by atoms with E-state index in [-0.39, 0.29) is 22.3 Å². The number of fused-ring (bicyclic) bond motifs is 1. The van der Waals surface area contributed by atoms with Gasteiger partial charge in [-0.15, -0.1) is 0 Å². The van der Waals surface area contributed by atoms with E-state index >= 15 is 0 Å². The van der Waals surface area contributed by atoms with Gasteiger partial charge in [-0.05, 0) is 55.0 Å². The summed E-state index contributed by atoms with van der Waals surface area (Å²) in [5, 5.41) is 0.552. The summed E-state index contributed by atoms with van der Waals surface area (Å²) in [7, 11) is 3.01. The van der Waals surface area contributed by atoms with Crippen LogP contribution >= 0.6 is 11.6 Å². The van der Waals surface area contributed by atoms with E-state index in [0.717, 1.165) is 24.8 Å². The molecule has 0 spiro atoms. The zero-order valence-corrected chi connectivity index (χ0v) is 19.3. The Kier molecular flexibility index (Phi) is 6.51. The van der Waals surface area contributed by atoms with Gasteiger partial charge in [-0.1, -0.05) is 23.7 Å². The summed E-state index contributed by atoms with van der Waals surface area (Å²) < 4.78 is 13.1. The second kappa shape index (κ2) is 9.35. The van der Waals surface area contributed by atoms with Crippen molar-refractivity contribution in [3.8, 4) is 0 Å². The van der Waals surface area contributed by atoms with Crippen LogP contribution in [0.15, 0.2) is 42.6 Å². The molecule has 2 heterocycles. The van der Waals surface area contributed by atoms with E-state index < -0.39 is 11.7 Å². The third-order valence-corrected chi connectivity index (χ3v) is 6.59. The predicted molar refractivity (Wildman–Crippen MR) is 125 cm³/mol. The fourth-order valence-corrected chi connectivity index (χ4v) is 4.66. The van der Waals surface area contributed by atoms with Crippen LogP contribution < -0.4 is 0 Å². The molecule has 0 unspecified atom stereocenters. The number of nitrogens with one attached hydrogen (secondary N) is 1. The third-order valence-electron chi connectivity index (χ3n) is 6.20. The third kappa shape index (κ3) is 4.64. The van der Waals surface area contributed by atoms with E-state index in [1.54, 1.807) is 29.2 Å². The maximum absolute atomic E-state index is 13.2. The highest BCUT2D eigenvalue weighted by Crippen LogP contribution is 2.32. The molecule has 1 N–H and O–H groups in total. The molecule has 1 aliphatic heterocycles. The first-order chi connectivity index (χ1) is 15.8. The Morgan fingerprint density at radius 1 is 1.06 bits per heavy atom. The molecule has 1 saturated heterocycles. The molecule has 33 heavy (non-hydrogen) atoms. The van der Waals surface area contributed by atoms with Crippen molar-refractivity contribution < 1.29 is 18.8 Å². The lowest BCUT2D eigenvalue weighted by molar-refractivity contribution is -0.124. The first-order valence-electron chi connectivity index (χ1n) is 10.9. The molecule has 172 valence electrons. The predicted octanol–water partition coefficient (Wildman–Crippen LogP) is 4.33. The quantitative estimate of drug-likeness (QED) is 0.446. The zero-order valence-electron chi connectivity index (χ0n) is 18.5. The number of aromatic nitrogens is 1. The molecular weight excluding hydrogens is 445 g/mol. The van der Waals surface area contributed by atoms with Gasteiger partial charge in [-0.2, -0.15) is 0 Å². The smallest absolute Gasteiger partial charge is 0.294 e. The van der Waals surface area contributed by atoms with Crippen LogP contribution in [-0.4, -0.2) is 59.6 Å². The highest BCUT2D eigenvalue weighted by molar-refractivity contribution is 6.47. The van der Waals surface area contributed by atoms with Crippen molar-refractivity contribution in [3.05, 3.63) is 70.1 Å². The summed E-state index contributed by atoms with van der Waals surface area (Å²) in [5.74, 6) is -1.36. The van der Waals surface area contributed by atoms with Crippen molar-refractivity contribution in [2.75, 3.05) is 27.2 Å². The van der Waals surface area contributed by atoms with Gasteiger partial charge in [0.15, 0.2) is 0 Å². The molecule has 6 nitrogen and oxygen atoms in total. The number of carbonyl (C=O) groups is 3. The minimum absolute atomic E-state index is 0.154. The molecule has 0 bridgehead atoms. The summed E-state index contributed by atoms with van der Waals surface area (Å²) in [6.07, 6.45) is 3.99. The number of halogens is 2. The number of benzene rings is 2. The number of aromatic amines is 1. The van der Waals surface area contributed by atoms with Crippen molar-refractivity contribution >= 4 is 40.1 Å². The summed E-state index contributed by atoms with van der Waals surface area (Å²) in [5.41, 5.74) is 2.14. The standard InChI is InChI=1S/C25H25ClFN3O3/c1-29(2)25(33)23(31)19-14-28-20-8-7-18(22(26)21(19)20)24(32)30-11-9-16(10-12-30)13-15-3-5-17(27)6-4-15/h3-8,14,16,28H,9-13H2,1-2H3. The number of hydrogen-bond acceptors (Lipinski definition) is 3. The highest BCUT2D eigenvalue weighted by Gasteiger charge is 2.28. The average molecular weight is 470 g/mol. The van der Waals surface area contributed by atoms with Crippen LogP contribution in [0, 0.1) is 11.7 Å². The van der Waals surface area contributed by atoms with Crippen LogP contribution in [0.4, 0.5) is 4.39 Å². The molecule has 1 fully saturated rings. The lowest BCUT2D eigenvalue weighted by Crippen LogP contribution is -2.39. The number of rotatable bonds is 5. The number of nitrogens with zero attached hydrogens (tertiary/aromatic N) is 2. The van der Waals surface area contributed by atoms with Gasteiger partial charge in [-0.25, -0.2) is 4.39 Å². The van der Waals surface area contributed by atoms with Gasteiger partial charge in [0.25, 0.3) is 17.6 Å². The molecule has 3 aromatic rings. The Morgan fingerprint density at radius 2 is 1.73 bits per heavy atom. The number of amides is 2. The molecule has 8 heteroatoms. The van der Waals surface area contributed by atoms with E-state index in [2.05, 4.69) is 4.98 Å². The molecule has 2 amide bonds. The number of likely N-dealkylation sites (N-methyl/N-ethyl adjacent to an activating group) is 1. The van der Waals surface area contributed by atoms with Crippen molar-refractivity contribution in [3.63, 3.8) is 0 Å². The fraction of sp³-hybridized carbons (Fsp3) is 0.320. The van der Waals surface area contributed by atoms with Gasteiger partial charge >= 0.3 is 0 Å². The molecule has 4 rings (SSSR count). The number of H-pyrrole nitrogens is 1. The molecular formula is C25H25ClFN3O3. The van der Waals surface area contributed by atoms with Gasteiger partial charge < -0.3 is 14.8 Å². The summed E-state index contributed by atoms with van der Waals surface area (Å²) in [4.78, 5) is 44.0. The Balaban J connectivity index is 1.50. The number of piperidine rings is 1. The first kappa shape index (κ1) is 23.0. The van der Waals surface area contributed by atoms with E-state index in [4.69, 9.17) is 11.6 Å². The van der Waals surface area contributed by atoms with Crippen molar-refractivity contribution in [2.24, 2.45) is 5.92 Å². The Hall–Kier alpha value is -3.19. The first-order valence-corrected chi connectivity index (χ1v) is 11.2.